The van der Waals surface area contributed by atoms with Crippen molar-refractivity contribution in [3.63, 3.8) is 0 Å². The molecule has 2 amide bonds. The highest BCUT2D eigenvalue weighted by molar-refractivity contribution is 5.95. The van der Waals surface area contributed by atoms with Crippen molar-refractivity contribution in [2.75, 3.05) is 18.8 Å². The first-order valence-corrected chi connectivity index (χ1v) is 7.82. The van der Waals surface area contributed by atoms with Crippen LogP contribution in [-0.4, -0.2) is 29.5 Å². The Bertz CT molecular complexity index is 794. The van der Waals surface area contributed by atoms with Crippen LogP contribution in [0.2, 0.25) is 0 Å². The van der Waals surface area contributed by atoms with Gasteiger partial charge in [-0.05, 0) is 23.8 Å². The molecule has 0 fully saturated rings. The maximum atomic E-state index is 12.1. The summed E-state index contributed by atoms with van der Waals surface area (Å²) in [6.45, 7) is 4.45. The molecule has 1 aromatic heterocycles. The van der Waals surface area contributed by atoms with Gasteiger partial charge in [0.2, 0.25) is 5.91 Å². The summed E-state index contributed by atoms with van der Waals surface area (Å²) in [5.41, 5.74) is 8.91. The van der Waals surface area contributed by atoms with Gasteiger partial charge in [0.05, 0.1) is 6.04 Å². The number of nitrogens with zero attached hydrogens (tertiary/aromatic N) is 1. The van der Waals surface area contributed by atoms with Crippen molar-refractivity contribution >= 4 is 17.5 Å². The molecule has 2 heterocycles. The van der Waals surface area contributed by atoms with Crippen LogP contribution in [0.25, 0.3) is 11.1 Å². The van der Waals surface area contributed by atoms with E-state index in [4.69, 9.17) is 5.73 Å². The van der Waals surface area contributed by atoms with Crippen LogP contribution in [0.15, 0.2) is 49.2 Å². The molecular formula is C18H20N4O2. The van der Waals surface area contributed by atoms with Crippen molar-refractivity contribution in [2.45, 2.75) is 12.5 Å². The molecule has 24 heavy (non-hydrogen) atoms. The summed E-state index contributed by atoms with van der Waals surface area (Å²) >= 11 is 0. The summed E-state index contributed by atoms with van der Waals surface area (Å²) in [4.78, 5) is 24.1. The fourth-order valence-electron chi connectivity index (χ4n) is 2.88. The van der Waals surface area contributed by atoms with Crippen LogP contribution in [-0.2, 0) is 4.79 Å². The summed E-state index contributed by atoms with van der Waals surface area (Å²) < 4.78 is 1.88. The van der Waals surface area contributed by atoms with E-state index in [0.29, 0.717) is 30.9 Å². The van der Waals surface area contributed by atoms with Gasteiger partial charge in [-0.15, -0.1) is 6.58 Å². The first kappa shape index (κ1) is 15.9. The van der Waals surface area contributed by atoms with E-state index in [1.165, 1.54) is 0 Å². The summed E-state index contributed by atoms with van der Waals surface area (Å²) in [6.07, 6.45) is 3.85. The van der Waals surface area contributed by atoms with E-state index in [2.05, 4.69) is 17.2 Å². The van der Waals surface area contributed by atoms with Crippen LogP contribution in [0.3, 0.4) is 0 Å². The lowest BCUT2D eigenvalue weighted by molar-refractivity contribution is -0.121. The zero-order chi connectivity index (χ0) is 17.1. The Morgan fingerprint density at radius 3 is 3.00 bits per heavy atom. The average molecular weight is 324 g/mol. The maximum Gasteiger partial charge on any atom is 0.268 e. The molecule has 0 aliphatic carbocycles. The van der Waals surface area contributed by atoms with E-state index in [9.17, 15) is 9.59 Å². The van der Waals surface area contributed by atoms with E-state index < -0.39 is 0 Å². The molecule has 1 aliphatic rings. The number of nitrogens with one attached hydrogen (secondary N) is 2. The third-order valence-corrected chi connectivity index (χ3v) is 4.06. The molecule has 1 aliphatic heterocycles. The third kappa shape index (κ3) is 3.17. The number of nitrogens with two attached hydrogens (primary N) is 1. The summed E-state index contributed by atoms with van der Waals surface area (Å²) in [5.74, 6) is -0.200. The summed E-state index contributed by atoms with van der Waals surface area (Å²) in [6, 6.07) is 9.22. The SMILES string of the molecule is C=CCNC(=O)CC1CNC(=O)c2cc(-c3cccc(N)c3)cn21. The average Bonchev–Trinajstić information content (AvgIpc) is 3.02. The lowest BCUT2D eigenvalue weighted by Gasteiger charge is -2.26. The summed E-state index contributed by atoms with van der Waals surface area (Å²) in [7, 11) is 0. The minimum Gasteiger partial charge on any atom is -0.399 e. The van der Waals surface area contributed by atoms with Crippen molar-refractivity contribution in [1.29, 1.82) is 0 Å². The Morgan fingerprint density at radius 1 is 1.42 bits per heavy atom. The lowest BCUT2D eigenvalue weighted by Crippen LogP contribution is -2.40. The molecule has 0 saturated carbocycles. The van der Waals surface area contributed by atoms with Crippen molar-refractivity contribution in [1.82, 2.24) is 15.2 Å². The fraction of sp³-hybridized carbons (Fsp3) is 0.222. The van der Waals surface area contributed by atoms with Gasteiger partial charge in [-0.2, -0.15) is 0 Å². The highest BCUT2D eigenvalue weighted by Crippen LogP contribution is 2.28. The zero-order valence-corrected chi connectivity index (χ0v) is 13.3. The zero-order valence-electron chi connectivity index (χ0n) is 13.3. The minimum atomic E-state index is -0.132. The Balaban J connectivity index is 1.88. The fourth-order valence-corrected chi connectivity index (χ4v) is 2.88. The lowest BCUT2D eigenvalue weighted by atomic mass is 10.1. The highest BCUT2D eigenvalue weighted by atomic mass is 16.2. The molecule has 124 valence electrons. The molecule has 6 heteroatoms. The second kappa shape index (κ2) is 6.62. The number of rotatable bonds is 5. The standard InChI is InChI=1S/C18H20N4O2/c1-2-6-20-17(23)9-15-10-21-18(24)16-8-13(11-22(15)16)12-4-3-5-14(19)7-12/h2-5,7-8,11,15H,1,6,9-10,19H2,(H,20,23)(H,21,24). The topological polar surface area (TPSA) is 89.2 Å². The van der Waals surface area contributed by atoms with Gasteiger partial charge in [0, 0.05) is 37.0 Å². The molecule has 1 aromatic carbocycles. The molecule has 6 nitrogen and oxygen atoms in total. The first-order valence-electron chi connectivity index (χ1n) is 7.82. The molecular weight excluding hydrogens is 304 g/mol. The van der Waals surface area contributed by atoms with Crippen molar-refractivity contribution in [3.8, 4) is 11.1 Å². The predicted molar refractivity (Wildman–Crippen MR) is 93.5 cm³/mol. The number of anilines is 1. The normalized spacial score (nSPS) is 16.2. The number of hydrogen-bond acceptors (Lipinski definition) is 3. The number of aromatic nitrogens is 1. The van der Waals surface area contributed by atoms with Gasteiger partial charge < -0.3 is 20.9 Å². The van der Waals surface area contributed by atoms with Crippen molar-refractivity contribution in [3.05, 3.63) is 54.9 Å². The maximum absolute atomic E-state index is 12.1. The molecule has 0 saturated heterocycles. The summed E-state index contributed by atoms with van der Waals surface area (Å²) in [5, 5.41) is 5.61. The Morgan fingerprint density at radius 2 is 2.25 bits per heavy atom. The van der Waals surface area contributed by atoms with Crippen LogP contribution in [0.5, 0.6) is 0 Å². The molecule has 1 unspecified atom stereocenters. The number of benzene rings is 1. The van der Waals surface area contributed by atoms with Crippen LogP contribution < -0.4 is 16.4 Å². The van der Waals surface area contributed by atoms with E-state index in [1.807, 2.05) is 41.1 Å². The molecule has 2 aromatic rings. The third-order valence-electron chi connectivity index (χ3n) is 4.06. The number of amides is 2. The number of hydrogen-bond donors (Lipinski definition) is 3. The van der Waals surface area contributed by atoms with Crippen LogP contribution >= 0.6 is 0 Å². The number of fused-ring (bicyclic) bond motifs is 1. The van der Waals surface area contributed by atoms with Crippen LogP contribution in [0.1, 0.15) is 23.0 Å². The number of nitrogen functional groups attached to an aromatic ring is 1. The van der Waals surface area contributed by atoms with Gasteiger partial charge in [0.1, 0.15) is 5.69 Å². The monoisotopic (exact) mass is 324 g/mol. The van der Waals surface area contributed by atoms with Gasteiger partial charge in [-0.1, -0.05) is 18.2 Å². The van der Waals surface area contributed by atoms with Gasteiger partial charge >= 0.3 is 0 Å². The second-order valence-electron chi connectivity index (χ2n) is 5.81. The van der Waals surface area contributed by atoms with Crippen molar-refractivity contribution in [2.24, 2.45) is 0 Å². The van der Waals surface area contributed by atoms with Crippen LogP contribution in [0.4, 0.5) is 5.69 Å². The van der Waals surface area contributed by atoms with E-state index in [1.54, 1.807) is 6.08 Å². The quantitative estimate of drug-likeness (QED) is 0.578. The second-order valence-corrected chi connectivity index (χ2v) is 5.81. The van der Waals surface area contributed by atoms with E-state index in [0.717, 1.165) is 11.1 Å². The Hall–Kier alpha value is -3.02. The van der Waals surface area contributed by atoms with Gasteiger partial charge in [-0.25, -0.2) is 0 Å². The molecule has 4 N–H and O–H groups in total. The van der Waals surface area contributed by atoms with Gasteiger partial charge in [-0.3, -0.25) is 9.59 Å². The predicted octanol–water partition coefficient (Wildman–Crippen LogP) is 1.71. The van der Waals surface area contributed by atoms with E-state index >= 15 is 0 Å². The number of carbonyl (C=O) groups is 2. The Kier molecular flexibility index (Phi) is 4.37. The highest BCUT2D eigenvalue weighted by Gasteiger charge is 2.27. The largest absolute Gasteiger partial charge is 0.399 e. The Labute approximate surface area is 140 Å². The number of carbonyl (C=O) groups excluding carboxylic acids is 2. The van der Waals surface area contributed by atoms with E-state index in [-0.39, 0.29) is 17.9 Å². The first-order chi connectivity index (χ1) is 11.6. The molecule has 0 bridgehead atoms. The van der Waals surface area contributed by atoms with Gasteiger partial charge in [0.25, 0.3) is 5.91 Å². The molecule has 0 spiro atoms. The molecule has 0 radical (unpaired) electrons. The molecule has 3 rings (SSSR count). The minimum absolute atomic E-state index is 0.0683. The van der Waals surface area contributed by atoms with Crippen molar-refractivity contribution < 1.29 is 9.59 Å². The van der Waals surface area contributed by atoms with Gasteiger partial charge in [0.15, 0.2) is 0 Å². The molecule has 1 atom stereocenters. The smallest absolute Gasteiger partial charge is 0.268 e. The van der Waals surface area contributed by atoms with Crippen LogP contribution in [0, 0.1) is 0 Å².